The van der Waals surface area contributed by atoms with Gasteiger partial charge in [-0.3, -0.25) is 0 Å². The smallest absolute Gasteiger partial charge is 0.118 e. The minimum absolute atomic E-state index is 0.128. The van der Waals surface area contributed by atoms with Crippen molar-refractivity contribution in [3.63, 3.8) is 0 Å². The number of aliphatic hydroxyl groups excluding tert-OH is 2. The summed E-state index contributed by atoms with van der Waals surface area (Å²) in [6, 6.07) is 0. The van der Waals surface area contributed by atoms with Crippen LogP contribution in [0.15, 0.2) is 0 Å². The van der Waals surface area contributed by atoms with Crippen LogP contribution in [0.4, 0.5) is 0 Å². The fourth-order valence-corrected chi connectivity index (χ4v) is 1.18. The molecule has 2 unspecified atom stereocenters. The molecule has 2 atom stereocenters. The highest BCUT2D eigenvalue weighted by molar-refractivity contribution is 5.07. The molecule has 0 radical (unpaired) electrons. The van der Waals surface area contributed by atoms with E-state index in [0.717, 1.165) is 0 Å². The molecule has 13 heavy (non-hydrogen) atoms. The molecule has 1 rings (SSSR count). The number of epoxide rings is 1. The van der Waals surface area contributed by atoms with Gasteiger partial charge in [0.2, 0.25) is 0 Å². The number of rotatable bonds is 5. The van der Waals surface area contributed by atoms with Gasteiger partial charge in [-0.05, 0) is 20.8 Å². The molecule has 0 saturated carbocycles. The van der Waals surface area contributed by atoms with Crippen LogP contribution in [0.3, 0.4) is 0 Å². The number of aliphatic hydroxyl groups is 2. The molecule has 0 aromatic rings. The van der Waals surface area contributed by atoms with E-state index in [2.05, 4.69) is 0 Å². The summed E-state index contributed by atoms with van der Waals surface area (Å²) < 4.78 is 10.7. The summed E-state index contributed by atoms with van der Waals surface area (Å²) in [7, 11) is 0. The molecule has 0 aromatic heterocycles. The Hall–Kier alpha value is -0.160. The summed E-state index contributed by atoms with van der Waals surface area (Å²) in [5, 5.41) is 17.5. The Kier molecular flexibility index (Phi) is 2.97. The molecule has 0 amide bonds. The zero-order valence-electron chi connectivity index (χ0n) is 8.41. The van der Waals surface area contributed by atoms with Crippen molar-refractivity contribution in [3.05, 3.63) is 0 Å². The Balaban J connectivity index is 2.15. The van der Waals surface area contributed by atoms with E-state index in [1.165, 1.54) is 0 Å². The molecule has 1 heterocycles. The maximum Gasteiger partial charge on any atom is 0.118 e. The van der Waals surface area contributed by atoms with Crippen molar-refractivity contribution in [2.45, 2.75) is 38.1 Å². The lowest BCUT2D eigenvalue weighted by Crippen LogP contribution is -2.27. The predicted molar refractivity (Wildman–Crippen MR) is 47.5 cm³/mol. The molecule has 4 nitrogen and oxygen atoms in total. The standard InChI is InChI=1S/C9H18O4/c1-8(2)9(3,13-8)6-12-5-7(11)4-10/h7,10-11H,4-6H2,1-3H3. The molecule has 1 aliphatic rings. The van der Waals surface area contributed by atoms with Crippen molar-refractivity contribution in [1.29, 1.82) is 0 Å². The highest BCUT2D eigenvalue weighted by atomic mass is 16.6. The van der Waals surface area contributed by atoms with Crippen LogP contribution in [-0.2, 0) is 9.47 Å². The molecule has 0 aliphatic carbocycles. The molecule has 1 saturated heterocycles. The van der Waals surface area contributed by atoms with Crippen molar-refractivity contribution >= 4 is 0 Å². The zero-order valence-corrected chi connectivity index (χ0v) is 8.41. The van der Waals surface area contributed by atoms with Crippen LogP contribution in [0.1, 0.15) is 20.8 Å². The molecule has 1 fully saturated rings. The Labute approximate surface area is 78.5 Å². The quantitative estimate of drug-likeness (QED) is 0.595. The van der Waals surface area contributed by atoms with E-state index in [4.69, 9.17) is 19.7 Å². The zero-order chi connectivity index (χ0) is 10.1. The first-order valence-corrected chi connectivity index (χ1v) is 4.48. The van der Waals surface area contributed by atoms with Crippen LogP contribution in [0, 0.1) is 0 Å². The molecule has 0 bridgehead atoms. The van der Waals surface area contributed by atoms with Crippen molar-refractivity contribution in [1.82, 2.24) is 0 Å². The van der Waals surface area contributed by atoms with E-state index in [9.17, 15) is 0 Å². The highest BCUT2D eigenvalue weighted by Gasteiger charge is 2.60. The summed E-state index contributed by atoms with van der Waals surface area (Å²) >= 11 is 0. The molecule has 0 aromatic carbocycles. The van der Waals surface area contributed by atoms with Gasteiger partial charge in [0.25, 0.3) is 0 Å². The average molecular weight is 190 g/mol. The summed E-state index contributed by atoms with van der Waals surface area (Å²) in [5.41, 5.74) is -0.362. The maximum atomic E-state index is 8.99. The molecule has 2 N–H and O–H groups in total. The van der Waals surface area contributed by atoms with E-state index in [0.29, 0.717) is 6.61 Å². The molecule has 4 heteroatoms. The minimum atomic E-state index is -0.787. The Morgan fingerprint density at radius 3 is 2.31 bits per heavy atom. The first-order chi connectivity index (χ1) is 5.91. The second-order valence-corrected chi connectivity index (χ2v) is 4.19. The summed E-state index contributed by atoms with van der Waals surface area (Å²) in [6.45, 7) is 6.32. The number of hydrogen-bond donors (Lipinski definition) is 2. The lowest BCUT2D eigenvalue weighted by atomic mass is 9.99. The van der Waals surface area contributed by atoms with E-state index in [1.54, 1.807) is 0 Å². The van der Waals surface area contributed by atoms with Gasteiger partial charge in [0.05, 0.1) is 25.4 Å². The van der Waals surface area contributed by atoms with Gasteiger partial charge in [0.1, 0.15) is 11.7 Å². The van der Waals surface area contributed by atoms with E-state index < -0.39 is 6.10 Å². The molecular weight excluding hydrogens is 172 g/mol. The fraction of sp³-hybridized carbons (Fsp3) is 1.00. The number of hydrogen-bond acceptors (Lipinski definition) is 4. The van der Waals surface area contributed by atoms with Crippen LogP contribution in [0.25, 0.3) is 0 Å². The summed E-state index contributed by atoms with van der Waals surface area (Å²) in [5.74, 6) is 0. The lowest BCUT2D eigenvalue weighted by Gasteiger charge is -2.11. The first kappa shape index (κ1) is 10.9. The molecule has 78 valence electrons. The SMILES string of the molecule is CC1(C)OC1(C)COCC(O)CO. The van der Waals surface area contributed by atoms with E-state index in [-0.39, 0.29) is 24.4 Å². The Morgan fingerprint density at radius 2 is 1.92 bits per heavy atom. The lowest BCUT2D eigenvalue weighted by molar-refractivity contribution is -0.00776. The third kappa shape index (κ3) is 2.40. The average Bonchev–Trinajstić information content (AvgIpc) is 2.51. The minimum Gasteiger partial charge on any atom is -0.394 e. The second kappa shape index (κ2) is 3.53. The van der Waals surface area contributed by atoms with Crippen molar-refractivity contribution in [3.8, 4) is 0 Å². The highest BCUT2D eigenvalue weighted by Crippen LogP contribution is 2.47. The molecule has 1 aliphatic heterocycles. The van der Waals surface area contributed by atoms with Gasteiger partial charge in [-0.25, -0.2) is 0 Å². The van der Waals surface area contributed by atoms with Gasteiger partial charge < -0.3 is 19.7 Å². The summed E-state index contributed by atoms with van der Waals surface area (Å²) in [4.78, 5) is 0. The van der Waals surface area contributed by atoms with Crippen molar-refractivity contribution in [2.75, 3.05) is 19.8 Å². The monoisotopic (exact) mass is 190 g/mol. The van der Waals surface area contributed by atoms with Gasteiger partial charge in [-0.15, -0.1) is 0 Å². The van der Waals surface area contributed by atoms with Crippen LogP contribution in [-0.4, -0.2) is 47.3 Å². The topological polar surface area (TPSA) is 62.2 Å². The Morgan fingerprint density at radius 1 is 1.38 bits per heavy atom. The molecule has 0 spiro atoms. The van der Waals surface area contributed by atoms with E-state index in [1.807, 2.05) is 20.8 Å². The van der Waals surface area contributed by atoms with Crippen molar-refractivity contribution in [2.24, 2.45) is 0 Å². The summed E-state index contributed by atoms with van der Waals surface area (Å²) in [6.07, 6.45) is -0.787. The molecular formula is C9H18O4. The van der Waals surface area contributed by atoms with Gasteiger partial charge in [-0.2, -0.15) is 0 Å². The predicted octanol–water partition coefficient (Wildman–Crippen LogP) is -0.0763. The van der Waals surface area contributed by atoms with Gasteiger partial charge in [-0.1, -0.05) is 0 Å². The van der Waals surface area contributed by atoms with Crippen LogP contribution < -0.4 is 0 Å². The van der Waals surface area contributed by atoms with Gasteiger partial charge >= 0.3 is 0 Å². The van der Waals surface area contributed by atoms with Gasteiger partial charge in [0.15, 0.2) is 0 Å². The van der Waals surface area contributed by atoms with Crippen LogP contribution in [0.5, 0.6) is 0 Å². The third-order valence-electron chi connectivity index (χ3n) is 2.61. The fourth-order valence-electron chi connectivity index (χ4n) is 1.18. The third-order valence-corrected chi connectivity index (χ3v) is 2.61. The van der Waals surface area contributed by atoms with Crippen molar-refractivity contribution < 1.29 is 19.7 Å². The number of ether oxygens (including phenoxy) is 2. The van der Waals surface area contributed by atoms with Crippen LogP contribution in [0.2, 0.25) is 0 Å². The Bertz CT molecular complexity index is 180. The van der Waals surface area contributed by atoms with Crippen LogP contribution >= 0.6 is 0 Å². The largest absolute Gasteiger partial charge is 0.394 e. The van der Waals surface area contributed by atoms with E-state index >= 15 is 0 Å². The van der Waals surface area contributed by atoms with Gasteiger partial charge in [0, 0.05) is 0 Å². The second-order valence-electron chi connectivity index (χ2n) is 4.19. The normalized spacial score (nSPS) is 33.0. The first-order valence-electron chi connectivity index (χ1n) is 4.48. The maximum absolute atomic E-state index is 8.99.